The summed E-state index contributed by atoms with van der Waals surface area (Å²) in [5, 5.41) is 8.11. The topological polar surface area (TPSA) is 81.3 Å². The van der Waals surface area contributed by atoms with Gasteiger partial charge in [-0.1, -0.05) is 0 Å². The first-order valence-electron chi connectivity index (χ1n) is 6.68. The number of rotatable bonds is 4. The number of nitrogens with zero attached hydrogens (tertiary/aromatic N) is 3. The molecule has 1 saturated heterocycles. The number of likely N-dealkylation sites (tertiary alicyclic amines) is 1. The van der Waals surface area contributed by atoms with Crippen LogP contribution in [0.4, 0.5) is 0 Å². The smallest absolute Gasteiger partial charge is 0.283 e. The fourth-order valence-electron chi connectivity index (χ4n) is 2.63. The van der Waals surface area contributed by atoms with Crippen molar-refractivity contribution >= 4 is 15.9 Å². The van der Waals surface area contributed by atoms with Crippen molar-refractivity contribution in [3.05, 3.63) is 22.7 Å². The second-order valence-electron chi connectivity index (χ2n) is 5.22. The summed E-state index contributed by atoms with van der Waals surface area (Å²) < 4.78 is 11.7. The van der Waals surface area contributed by atoms with E-state index in [4.69, 9.17) is 14.6 Å². The zero-order valence-corrected chi connectivity index (χ0v) is 12.8. The van der Waals surface area contributed by atoms with Crippen LogP contribution in [0.1, 0.15) is 19.2 Å². The Hall–Kier alpha value is -1.18. The highest BCUT2D eigenvalue weighted by atomic mass is 79.9. The Balaban J connectivity index is 1.69. The van der Waals surface area contributed by atoms with Crippen LogP contribution in [0.25, 0.3) is 11.7 Å². The van der Waals surface area contributed by atoms with Crippen LogP contribution in [0.5, 0.6) is 0 Å². The summed E-state index contributed by atoms with van der Waals surface area (Å²) in [5.41, 5.74) is 5.74. The van der Waals surface area contributed by atoms with E-state index in [-0.39, 0.29) is 0 Å². The van der Waals surface area contributed by atoms with Crippen molar-refractivity contribution in [2.45, 2.75) is 25.9 Å². The monoisotopic (exact) mass is 340 g/mol. The van der Waals surface area contributed by atoms with E-state index >= 15 is 0 Å². The zero-order chi connectivity index (χ0) is 14.1. The third-order valence-electron chi connectivity index (χ3n) is 3.71. The summed E-state index contributed by atoms with van der Waals surface area (Å²) in [5.74, 6) is 2.16. The molecule has 0 radical (unpaired) electrons. The molecule has 0 spiro atoms. The van der Waals surface area contributed by atoms with E-state index in [2.05, 4.69) is 38.0 Å². The molecule has 2 aromatic rings. The Morgan fingerprint density at radius 3 is 2.90 bits per heavy atom. The van der Waals surface area contributed by atoms with Crippen LogP contribution in [0, 0.1) is 5.92 Å². The molecule has 3 rings (SSSR count). The third-order valence-corrected chi connectivity index (χ3v) is 4.14. The normalized spacial score (nSPS) is 23.6. The van der Waals surface area contributed by atoms with Gasteiger partial charge < -0.3 is 14.6 Å². The lowest BCUT2D eigenvalue weighted by Crippen LogP contribution is -2.27. The molecular formula is C13H17BrN4O2. The lowest BCUT2D eigenvalue weighted by Gasteiger charge is -2.18. The van der Waals surface area contributed by atoms with Crippen LogP contribution in [-0.2, 0) is 6.54 Å². The van der Waals surface area contributed by atoms with E-state index in [0.29, 0.717) is 40.7 Å². The lowest BCUT2D eigenvalue weighted by molar-refractivity contribution is 0.230. The first-order chi connectivity index (χ1) is 9.65. The highest BCUT2D eigenvalue weighted by Crippen LogP contribution is 2.26. The van der Waals surface area contributed by atoms with Gasteiger partial charge in [-0.3, -0.25) is 4.90 Å². The molecule has 0 aromatic carbocycles. The second kappa shape index (κ2) is 5.67. The molecule has 0 amide bonds. The Labute approximate surface area is 125 Å². The maximum Gasteiger partial charge on any atom is 0.283 e. The molecule has 2 aromatic heterocycles. The Morgan fingerprint density at radius 1 is 1.40 bits per heavy atom. The molecule has 0 bridgehead atoms. The van der Waals surface area contributed by atoms with Crippen molar-refractivity contribution < 1.29 is 8.83 Å². The van der Waals surface area contributed by atoms with Crippen molar-refractivity contribution in [3.63, 3.8) is 0 Å². The molecule has 2 atom stereocenters. The number of nitrogens with two attached hydrogens (primary N) is 1. The van der Waals surface area contributed by atoms with E-state index < -0.39 is 0 Å². The average Bonchev–Trinajstić information content (AvgIpc) is 3.12. The Bertz CT molecular complexity index is 582. The van der Waals surface area contributed by atoms with Gasteiger partial charge in [0.25, 0.3) is 5.89 Å². The van der Waals surface area contributed by atoms with Crippen LogP contribution < -0.4 is 5.73 Å². The van der Waals surface area contributed by atoms with E-state index in [1.54, 1.807) is 12.1 Å². The maximum atomic E-state index is 5.74. The Morgan fingerprint density at radius 2 is 2.25 bits per heavy atom. The third kappa shape index (κ3) is 2.79. The van der Waals surface area contributed by atoms with Gasteiger partial charge in [0.05, 0.1) is 6.54 Å². The van der Waals surface area contributed by atoms with E-state index in [0.717, 1.165) is 19.5 Å². The molecule has 0 saturated carbocycles. The predicted octanol–water partition coefficient (Wildman–Crippen LogP) is 2.26. The molecule has 1 aliphatic rings. The van der Waals surface area contributed by atoms with E-state index in [9.17, 15) is 0 Å². The van der Waals surface area contributed by atoms with Crippen molar-refractivity contribution in [1.29, 1.82) is 0 Å². The van der Waals surface area contributed by atoms with Crippen molar-refractivity contribution in [2.24, 2.45) is 11.7 Å². The SMILES string of the molecule is CC1CC(CN)CN1Cc1nnc(-c2ccc(Br)o2)o1. The highest BCUT2D eigenvalue weighted by molar-refractivity contribution is 9.10. The Kier molecular flexibility index (Phi) is 3.91. The van der Waals surface area contributed by atoms with Gasteiger partial charge in [0, 0.05) is 12.6 Å². The predicted molar refractivity (Wildman–Crippen MR) is 76.7 cm³/mol. The summed E-state index contributed by atoms with van der Waals surface area (Å²) in [6.45, 7) is 4.58. The molecule has 2 unspecified atom stereocenters. The van der Waals surface area contributed by atoms with Gasteiger partial charge in [-0.05, 0) is 53.9 Å². The van der Waals surface area contributed by atoms with Crippen LogP contribution in [0.15, 0.2) is 25.6 Å². The summed E-state index contributed by atoms with van der Waals surface area (Å²) in [4.78, 5) is 2.33. The van der Waals surface area contributed by atoms with Crippen LogP contribution in [0.2, 0.25) is 0 Å². The lowest BCUT2D eigenvalue weighted by atomic mass is 10.1. The molecule has 20 heavy (non-hydrogen) atoms. The first kappa shape index (κ1) is 13.8. The minimum atomic E-state index is 0.410. The number of hydrogen-bond donors (Lipinski definition) is 1. The molecule has 1 aliphatic heterocycles. The molecule has 3 heterocycles. The largest absolute Gasteiger partial charge is 0.444 e. The fraction of sp³-hybridized carbons (Fsp3) is 0.538. The van der Waals surface area contributed by atoms with Gasteiger partial charge in [-0.2, -0.15) is 0 Å². The van der Waals surface area contributed by atoms with Crippen LogP contribution in [0.3, 0.4) is 0 Å². The standard InChI is InChI=1S/C13H17BrN4O2/c1-8-4-9(5-15)6-18(8)7-12-16-17-13(20-12)10-2-3-11(14)19-10/h2-3,8-9H,4-7,15H2,1H3. The number of furan rings is 1. The van der Waals surface area contributed by atoms with Gasteiger partial charge in [-0.25, -0.2) is 0 Å². The maximum absolute atomic E-state index is 5.74. The van der Waals surface area contributed by atoms with E-state index in [1.807, 2.05) is 0 Å². The fourth-order valence-corrected chi connectivity index (χ4v) is 2.94. The number of halogens is 1. The molecule has 0 aliphatic carbocycles. The van der Waals surface area contributed by atoms with Gasteiger partial charge in [0.1, 0.15) is 0 Å². The quantitative estimate of drug-likeness (QED) is 0.919. The van der Waals surface area contributed by atoms with Gasteiger partial charge in [0.15, 0.2) is 10.4 Å². The highest BCUT2D eigenvalue weighted by Gasteiger charge is 2.29. The molecular weight excluding hydrogens is 324 g/mol. The minimum absolute atomic E-state index is 0.410. The van der Waals surface area contributed by atoms with E-state index in [1.165, 1.54) is 0 Å². The first-order valence-corrected chi connectivity index (χ1v) is 7.47. The van der Waals surface area contributed by atoms with Gasteiger partial charge >= 0.3 is 0 Å². The van der Waals surface area contributed by atoms with Crippen LogP contribution in [-0.4, -0.2) is 34.2 Å². The summed E-state index contributed by atoms with van der Waals surface area (Å²) in [7, 11) is 0. The second-order valence-corrected chi connectivity index (χ2v) is 6.00. The number of hydrogen-bond acceptors (Lipinski definition) is 6. The molecule has 2 N–H and O–H groups in total. The molecule has 108 valence electrons. The average molecular weight is 341 g/mol. The number of aromatic nitrogens is 2. The molecule has 1 fully saturated rings. The summed E-state index contributed by atoms with van der Waals surface area (Å²) in [6, 6.07) is 4.09. The molecule has 6 nitrogen and oxygen atoms in total. The van der Waals surface area contributed by atoms with Crippen molar-refractivity contribution in [1.82, 2.24) is 15.1 Å². The minimum Gasteiger partial charge on any atom is -0.444 e. The summed E-state index contributed by atoms with van der Waals surface area (Å²) in [6.07, 6.45) is 1.13. The van der Waals surface area contributed by atoms with Gasteiger partial charge in [-0.15, -0.1) is 10.2 Å². The van der Waals surface area contributed by atoms with Crippen molar-refractivity contribution in [3.8, 4) is 11.7 Å². The zero-order valence-electron chi connectivity index (χ0n) is 11.3. The summed E-state index contributed by atoms with van der Waals surface area (Å²) >= 11 is 3.25. The molecule has 7 heteroatoms. The van der Waals surface area contributed by atoms with Crippen molar-refractivity contribution in [2.75, 3.05) is 13.1 Å². The van der Waals surface area contributed by atoms with Gasteiger partial charge in [0.2, 0.25) is 5.89 Å². The van der Waals surface area contributed by atoms with Crippen LogP contribution >= 0.6 is 15.9 Å².